The van der Waals surface area contributed by atoms with Gasteiger partial charge in [0.05, 0.1) is 6.54 Å². The van der Waals surface area contributed by atoms with E-state index in [1.807, 2.05) is 0 Å². The molecule has 4 heteroatoms. The quantitative estimate of drug-likeness (QED) is 0.910. The molecule has 2 aromatic rings. The van der Waals surface area contributed by atoms with Crippen LogP contribution in [0, 0.1) is 5.92 Å². The Labute approximate surface area is 150 Å². The molecule has 1 aromatic heterocycles. The van der Waals surface area contributed by atoms with Crippen molar-refractivity contribution in [3.8, 4) is 0 Å². The molecule has 1 aliphatic heterocycles. The summed E-state index contributed by atoms with van der Waals surface area (Å²) >= 11 is 0. The number of fused-ring (bicyclic) bond motifs is 2. The van der Waals surface area contributed by atoms with Gasteiger partial charge >= 0.3 is 0 Å². The van der Waals surface area contributed by atoms with Gasteiger partial charge in [-0.25, -0.2) is 0 Å². The Morgan fingerprint density at radius 2 is 2.12 bits per heavy atom. The van der Waals surface area contributed by atoms with Crippen molar-refractivity contribution in [2.75, 3.05) is 33.2 Å². The Morgan fingerprint density at radius 3 is 2.88 bits per heavy atom. The number of likely N-dealkylation sites (tertiary alicyclic amines) is 1. The van der Waals surface area contributed by atoms with Crippen LogP contribution in [-0.4, -0.2) is 59.8 Å². The van der Waals surface area contributed by atoms with E-state index >= 15 is 0 Å². The molecule has 1 N–H and O–H groups in total. The van der Waals surface area contributed by atoms with Crippen LogP contribution in [0.15, 0.2) is 24.4 Å². The van der Waals surface area contributed by atoms with Crippen LogP contribution in [0.5, 0.6) is 0 Å². The van der Waals surface area contributed by atoms with Crippen molar-refractivity contribution in [2.45, 2.75) is 38.6 Å². The normalized spacial score (nSPS) is 26.2. The predicted molar refractivity (Wildman–Crippen MR) is 102 cm³/mol. The predicted octanol–water partition coefficient (Wildman–Crippen LogP) is 3.04. The second-order valence-electron chi connectivity index (χ2n) is 7.76. The first-order valence-corrected chi connectivity index (χ1v) is 9.66. The number of nitrogens with one attached hydrogen (secondary N) is 1. The minimum absolute atomic E-state index is 0.155. The molecule has 1 unspecified atom stereocenters. The minimum Gasteiger partial charge on any atom is -0.361 e. The Balaban J connectivity index is 1.62. The SMILES string of the molecule is CCN(CC)CC(=O)C1C[C@@H]2c3cccc4[nH]cc(c34)C[C@H]2N(C)C1. The number of ketones is 1. The Bertz CT molecular complexity index is 777. The molecule has 3 atom stereocenters. The molecule has 0 saturated carbocycles. The van der Waals surface area contributed by atoms with E-state index in [9.17, 15) is 4.79 Å². The number of hydrogen-bond donors (Lipinski definition) is 1. The summed E-state index contributed by atoms with van der Waals surface area (Å²) in [6.07, 6.45) is 4.27. The number of benzene rings is 1. The van der Waals surface area contributed by atoms with Gasteiger partial charge in [-0.3, -0.25) is 9.69 Å². The van der Waals surface area contributed by atoms with E-state index in [0.717, 1.165) is 32.5 Å². The summed E-state index contributed by atoms with van der Waals surface area (Å²) in [7, 11) is 2.20. The van der Waals surface area contributed by atoms with Gasteiger partial charge < -0.3 is 9.88 Å². The van der Waals surface area contributed by atoms with Crippen LogP contribution < -0.4 is 0 Å². The second kappa shape index (κ2) is 6.58. The van der Waals surface area contributed by atoms with Crippen molar-refractivity contribution in [3.05, 3.63) is 35.5 Å². The molecule has 0 radical (unpaired) electrons. The summed E-state index contributed by atoms with van der Waals surface area (Å²) in [6.45, 7) is 7.66. The average Bonchev–Trinajstić information content (AvgIpc) is 3.04. The maximum atomic E-state index is 12.9. The van der Waals surface area contributed by atoms with Gasteiger partial charge in [-0.1, -0.05) is 26.0 Å². The molecule has 25 heavy (non-hydrogen) atoms. The number of hydrogen-bond acceptors (Lipinski definition) is 3. The van der Waals surface area contributed by atoms with Gasteiger partial charge in [0.1, 0.15) is 0 Å². The third-order valence-corrected chi connectivity index (χ3v) is 6.45. The maximum Gasteiger partial charge on any atom is 0.151 e. The van der Waals surface area contributed by atoms with Crippen molar-refractivity contribution in [1.82, 2.24) is 14.8 Å². The highest BCUT2D eigenvalue weighted by molar-refractivity contribution is 5.89. The highest BCUT2D eigenvalue weighted by Crippen LogP contribution is 2.44. The molecular formula is C21H29N3O. The molecular weight excluding hydrogens is 310 g/mol. The third kappa shape index (κ3) is 2.81. The number of nitrogens with zero attached hydrogens (tertiary/aromatic N) is 2. The molecule has 0 bridgehead atoms. The minimum atomic E-state index is 0.155. The van der Waals surface area contributed by atoms with E-state index in [0.29, 0.717) is 24.3 Å². The number of carbonyl (C=O) groups is 1. The summed E-state index contributed by atoms with van der Waals surface area (Å²) in [5.74, 6) is 1.04. The van der Waals surface area contributed by atoms with Crippen LogP contribution >= 0.6 is 0 Å². The zero-order chi connectivity index (χ0) is 17.6. The first-order chi connectivity index (χ1) is 12.1. The van der Waals surface area contributed by atoms with Crippen LogP contribution in [0.2, 0.25) is 0 Å². The summed E-state index contributed by atoms with van der Waals surface area (Å²) in [4.78, 5) is 21.0. The topological polar surface area (TPSA) is 39.3 Å². The molecule has 1 fully saturated rings. The van der Waals surface area contributed by atoms with Crippen molar-refractivity contribution >= 4 is 16.7 Å². The molecule has 2 heterocycles. The van der Waals surface area contributed by atoms with E-state index in [4.69, 9.17) is 0 Å². The highest BCUT2D eigenvalue weighted by Gasteiger charge is 2.41. The summed E-state index contributed by atoms with van der Waals surface area (Å²) in [5, 5.41) is 1.41. The zero-order valence-electron chi connectivity index (χ0n) is 15.6. The second-order valence-corrected chi connectivity index (χ2v) is 7.76. The van der Waals surface area contributed by atoms with Crippen LogP contribution in [0.4, 0.5) is 0 Å². The summed E-state index contributed by atoms with van der Waals surface area (Å²) < 4.78 is 0. The van der Waals surface area contributed by atoms with Gasteiger partial charge in [-0.15, -0.1) is 0 Å². The number of rotatable bonds is 5. The number of H-pyrrole nitrogens is 1. The molecule has 0 spiro atoms. The van der Waals surface area contributed by atoms with Crippen LogP contribution in [0.25, 0.3) is 10.9 Å². The van der Waals surface area contributed by atoms with E-state index in [-0.39, 0.29) is 5.92 Å². The lowest BCUT2D eigenvalue weighted by Crippen LogP contribution is -2.50. The van der Waals surface area contributed by atoms with E-state index in [2.05, 4.69) is 60.1 Å². The summed E-state index contributed by atoms with van der Waals surface area (Å²) in [6, 6.07) is 7.12. The van der Waals surface area contributed by atoms with Crippen LogP contribution in [0.3, 0.4) is 0 Å². The largest absolute Gasteiger partial charge is 0.361 e. The van der Waals surface area contributed by atoms with Crippen LogP contribution in [-0.2, 0) is 11.2 Å². The van der Waals surface area contributed by atoms with Gasteiger partial charge in [-0.2, -0.15) is 0 Å². The summed E-state index contributed by atoms with van der Waals surface area (Å²) in [5.41, 5.74) is 4.12. The van der Waals surface area contributed by atoms with E-state index in [1.54, 1.807) is 0 Å². The standard InChI is InChI=1S/C21H29N3O/c1-4-24(5-2)13-20(25)15-9-17-16-7-6-8-18-21(16)14(11-22-18)10-19(17)23(3)12-15/h6-8,11,15,17,19,22H,4-5,9-10,12-13H2,1-3H3/t15?,17-,19-/m1/s1. The van der Waals surface area contributed by atoms with E-state index < -0.39 is 0 Å². The average molecular weight is 339 g/mol. The molecule has 0 amide bonds. The zero-order valence-corrected chi connectivity index (χ0v) is 15.6. The molecule has 2 aliphatic rings. The van der Waals surface area contributed by atoms with Crippen molar-refractivity contribution in [3.63, 3.8) is 0 Å². The molecule has 134 valence electrons. The lowest BCUT2D eigenvalue weighted by molar-refractivity contribution is -0.126. The fourth-order valence-electron chi connectivity index (χ4n) is 4.97. The van der Waals surface area contributed by atoms with Gasteiger partial charge in [0.25, 0.3) is 0 Å². The molecule has 1 saturated heterocycles. The number of carbonyl (C=O) groups excluding carboxylic acids is 1. The van der Waals surface area contributed by atoms with Crippen molar-refractivity contribution in [2.24, 2.45) is 5.92 Å². The van der Waals surface area contributed by atoms with Crippen molar-refractivity contribution in [1.29, 1.82) is 0 Å². The smallest absolute Gasteiger partial charge is 0.151 e. The Kier molecular flexibility index (Phi) is 4.42. The first kappa shape index (κ1) is 16.8. The number of aromatic amines is 1. The molecule has 4 nitrogen and oxygen atoms in total. The highest BCUT2D eigenvalue weighted by atomic mass is 16.1. The van der Waals surface area contributed by atoms with Gasteiger partial charge in [-0.05, 0) is 50.2 Å². The fraction of sp³-hybridized carbons (Fsp3) is 0.571. The number of aromatic nitrogens is 1. The lowest BCUT2D eigenvalue weighted by Gasteiger charge is -2.45. The number of Topliss-reactive ketones (excluding diaryl/α,β-unsaturated/α-hetero) is 1. The third-order valence-electron chi connectivity index (χ3n) is 6.45. The molecule has 1 aromatic carbocycles. The number of piperidine rings is 1. The van der Waals surface area contributed by atoms with E-state index in [1.165, 1.54) is 22.0 Å². The van der Waals surface area contributed by atoms with Gasteiger partial charge in [0.2, 0.25) is 0 Å². The molecule has 1 aliphatic carbocycles. The van der Waals surface area contributed by atoms with Gasteiger partial charge in [0, 0.05) is 41.5 Å². The monoisotopic (exact) mass is 339 g/mol. The maximum absolute atomic E-state index is 12.9. The van der Waals surface area contributed by atoms with Gasteiger partial charge in [0.15, 0.2) is 5.78 Å². The first-order valence-electron chi connectivity index (χ1n) is 9.66. The number of likely N-dealkylation sites (N-methyl/N-ethyl adjacent to an activating group) is 2. The van der Waals surface area contributed by atoms with Crippen molar-refractivity contribution < 1.29 is 4.79 Å². The Morgan fingerprint density at radius 1 is 1.32 bits per heavy atom. The van der Waals surface area contributed by atoms with Crippen LogP contribution in [0.1, 0.15) is 37.3 Å². The lowest BCUT2D eigenvalue weighted by atomic mass is 9.71. The fourth-order valence-corrected chi connectivity index (χ4v) is 4.97. The Hall–Kier alpha value is -1.65. The molecule has 4 rings (SSSR count).